The van der Waals surface area contributed by atoms with Crippen molar-refractivity contribution in [2.24, 2.45) is 0 Å². The van der Waals surface area contributed by atoms with Crippen molar-refractivity contribution in [1.82, 2.24) is 9.55 Å². The van der Waals surface area contributed by atoms with Crippen LogP contribution in [0.2, 0.25) is 0 Å². The SMILES string of the molecule is [2H]c1c([2H])c([2H])c(-c2cnc(-n3c4[c-]c(Oc5[c-]c(N6[CH-]N(c7c(-c8ccc9c(c8)C(C)(C)CCC9(C)C)cc(C(C)(C)C)cc7-c7c([2H])c([2H])c([2H])c(C(C)(C)C)c7[2H])c7ccccc76)ccc5)ccc4c4c([2H])c([2H])c([2H])c([2H])c43)cc2C(C)(C)C)c([2H])c1[2H].[Pt]. The van der Waals surface area contributed by atoms with E-state index in [2.05, 4.69) is 95.8 Å². The van der Waals surface area contributed by atoms with Crippen LogP contribution in [-0.4, -0.2) is 9.55 Å². The zero-order valence-electron chi connectivity index (χ0n) is 60.7. The van der Waals surface area contributed by atoms with Gasteiger partial charge in [0.25, 0.3) is 0 Å². The predicted octanol–water partition coefficient (Wildman–Crippen LogP) is 20.2. The van der Waals surface area contributed by atoms with Crippen molar-refractivity contribution >= 4 is 44.6 Å². The van der Waals surface area contributed by atoms with E-state index in [-0.39, 0.29) is 114 Å². The van der Waals surface area contributed by atoms with Gasteiger partial charge in [-0.3, -0.25) is 0 Å². The number of ether oxygens (including phenoxy) is 1. The minimum Gasteiger partial charge on any atom is -0.509 e. The molecule has 3 heterocycles. The zero-order chi connectivity index (χ0) is 66.7. The van der Waals surface area contributed by atoms with Crippen molar-refractivity contribution in [3.63, 3.8) is 0 Å². The van der Waals surface area contributed by atoms with E-state index in [1.54, 1.807) is 28.8 Å². The Hall–Kier alpha value is -7.20. The van der Waals surface area contributed by atoms with Crippen LogP contribution in [0.15, 0.2) is 176 Å². The van der Waals surface area contributed by atoms with Gasteiger partial charge >= 0.3 is 0 Å². The van der Waals surface area contributed by atoms with Crippen LogP contribution in [0.25, 0.3) is 61.0 Å². The van der Waals surface area contributed by atoms with Crippen molar-refractivity contribution in [2.45, 2.75) is 130 Å². The van der Waals surface area contributed by atoms with Gasteiger partial charge in [0.1, 0.15) is 5.82 Å². The number of nitrogens with zero attached hydrogens (tertiary/aromatic N) is 4. The largest absolute Gasteiger partial charge is 0.509 e. The minimum atomic E-state index is -0.708. The molecular formula is C74H73N4OPt-3. The average molecular weight is 1240 g/mol. The standard InChI is InChI=1S/C74H73N4O.Pt/c1-70(2,3)51-26-21-25-49(39-51)58-41-52(71(4,5)6)42-59(50-33-36-61-63(40-50)74(12,13)38-37-73(61,10)11)69(58)77-47-76(65-31-19-20-32-66(65)77)53-27-22-28-54(43-53)79-55-34-35-57-56-29-17-18-30-64(56)78(67(57)44-55)68-45-62(72(7,8)9)60(46-75-68)48-23-15-14-16-24-48;/h14-36,39-42,45-47H,37-38H2,1-13H3;/q-3;/i14D,15D,16D,17D,18D,21D,23D,24D,25D,26D,29D,30D,39D;. The molecule has 1 aliphatic carbocycles. The van der Waals surface area contributed by atoms with Gasteiger partial charge in [0.2, 0.25) is 0 Å². The van der Waals surface area contributed by atoms with Crippen molar-refractivity contribution in [2.75, 3.05) is 9.80 Å². The minimum absolute atomic E-state index is 0. The summed E-state index contributed by atoms with van der Waals surface area (Å²) in [4.78, 5) is 8.97. The van der Waals surface area contributed by atoms with Crippen LogP contribution in [-0.2, 0) is 48.1 Å². The molecule has 10 aromatic rings. The molecule has 0 spiro atoms. The molecule has 6 heteroatoms. The first-order valence-electron chi connectivity index (χ1n) is 33.7. The molecule has 1 aliphatic heterocycles. The van der Waals surface area contributed by atoms with E-state index in [1.807, 2.05) is 89.5 Å². The van der Waals surface area contributed by atoms with Crippen LogP contribution in [0.4, 0.5) is 22.7 Å². The third kappa shape index (κ3) is 9.88. The smallest absolute Gasteiger partial charge is 0.135 e. The number of hydrogen-bond acceptors (Lipinski definition) is 4. The molecule has 2 aliphatic rings. The first-order valence-corrected chi connectivity index (χ1v) is 27.2. The summed E-state index contributed by atoms with van der Waals surface area (Å²) < 4.78 is 126. The number of benzene rings is 8. The van der Waals surface area contributed by atoms with Crippen molar-refractivity contribution in [1.29, 1.82) is 0 Å². The summed E-state index contributed by atoms with van der Waals surface area (Å²) in [6, 6.07) is 32.4. The van der Waals surface area contributed by atoms with Crippen molar-refractivity contribution < 1.29 is 43.6 Å². The Kier molecular flexibility index (Phi) is 10.3. The summed E-state index contributed by atoms with van der Waals surface area (Å²) in [7, 11) is 0. The molecule has 0 radical (unpaired) electrons. The van der Waals surface area contributed by atoms with Crippen LogP contribution in [0, 0.1) is 18.8 Å². The molecule has 2 aromatic heterocycles. The molecule has 0 N–H and O–H groups in total. The van der Waals surface area contributed by atoms with Crippen LogP contribution in [0.5, 0.6) is 11.5 Å². The van der Waals surface area contributed by atoms with E-state index in [0.29, 0.717) is 50.3 Å². The van der Waals surface area contributed by atoms with Crippen LogP contribution < -0.4 is 14.5 Å². The molecule has 12 rings (SSSR count). The van der Waals surface area contributed by atoms with E-state index in [9.17, 15) is 8.22 Å². The Labute approximate surface area is 508 Å². The Balaban J connectivity index is 0.00000884. The van der Waals surface area contributed by atoms with E-state index < -0.39 is 46.5 Å². The fourth-order valence-electron chi connectivity index (χ4n) is 11.3. The topological polar surface area (TPSA) is 33.5 Å². The number of hydrogen-bond donors (Lipinski definition) is 0. The number of aromatic nitrogens is 2. The number of para-hydroxylation sites is 3. The van der Waals surface area contributed by atoms with Crippen molar-refractivity contribution in [3.05, 3.63) is 222 Å². The molecule has 80 heavy (non-hydrogen) atoms. The fraction of sp³-hybridized carbons (Fsp3) is 0.270. The molecule has 5 nitrogen and oxygen atoms in total. The van der Waals surface area contributed by atoms with Gasteiger partial charge in [-0.2, -0.15) is 12.1 Å². The Morgan fingerprint density at radius 3 is 1.93 bits per heavy atom. The maximum absolute atomic E-state index is 10.1. The van der Waals surface area contributed by atoms with Crippen molar-refractivity contribution in [3.8, 4) is 50.7 Å². The zero-order valence-corrected chi connectivity index (χ0v) is 50.0. The summed E-state index contributed by atoms with van der Waals surface area (Å²) in [5.41, 5.74) is 8.76. The van der Waals surface area contributed by atoms with Gasteiger partial charge in [-0.1, -0.05) is 198 Å². The second-order valence-corrected chi connectivity index (χ2v) is 25.5. The summed E-state index contributed by atoms with van der Waals surface area (Å²) >= 11 is 0. The third-order valence-corrected chi connectivity index (χ3v) is 15.9. The second kappa shape index (κ2) is 20.1. The normalized spacial score (nSPS) is 17.2. The summed E-state index contributed by atoms with van der Waals surface area (Å²) in [6.45, 7) is 29.3. The summed E-state index contributed by atoms with van der Waals surface area (Å²) in [6.07, 6.45) is 3.50. The molecule has 8 aromatic carbocycles. The van der Waals surface area contributed by atoms with Gasteiger partial charge in [0, 0.05) is 78.0 Å². The van der Waals surface area contributed by atoms with E-state index in [4.69, 9.17) is 19.3 Å². The Bertz CT molecular complexity index is 4760. The van der Waals surface area contributed by atoms with E-state index in [1.165, 1.54) is 17.3 Å². The molecule has 0 unspecified atom stereocenters. The second-order valence-electron chi connectivity index (χ2n) is 25.5. The van der Waals surface area contributed by atoms with Gasteiger partial charge in [0.05, 0.1) is 17.8 Å². The summed E-state index contributed by atoms with van der Waals surface area (Å²) in [5.74, 6) is 0.742. The predicted molar refractivity (Wildman–Crippen MR) is 332 cm³/mol. The van der Waals surface area contributed by atoms with E-state index >= 15 is 0 Å². The Morgan fingerprint density at radius 2 is 1.21 bits per heavy atom. The molecule has 408 valence electrons. The third-order valence-electron chi connectivity index (χ3n) is 15.9. The monoisotopic (exact) mass is 1240 g/mol. The maximum Gasteiger partial charge on any atom is 0.135 e. The number of anilines is 4. The van der Waals surface area contributed by atoms with Gasteiger partial charge in [-0.15, -0.1) is 48.1 Å². The molecule has 0 saturated carbocycles. The van der Waals surface area contributed by atoms with Gasteiger partial charge in [-0.25, -0.2) is 4.98 Å². The number of rotatable bonds is 8. The first kappa shape index (κ1) is 40.9. The van der Waals surface area contributed by atoms with Crippen LogP contribution >= 0.6 is 0 Å². The molecule has 0 amide bonds. The van der Waals surface area contributed by atoms with E-state index in [0.717, 1.165) is 40.9 Å². The number of fused-ring (bicyclic) bond motifs is 5. The molecule has 0 atom stereocenters. The maximum atomic E-state index is 10.1. The average Bonchev–Trinajstić information content (AvgIpc) is 1.72. The summed E-state index contributed by atoms with van der Waals surface area (Å²) in [5, 5.41) is 0.662. The quantitative estimate of drug-likeness (QED) is 0.142. The fourth-order valence-corrected chi connectivity index (χ4v) is 11.3. The number of pyridine rings is 1. The first-order chi connectivity index (χ1) is 42.9. The van der Waals surface area contributed by atoms with Gasteiger partial charge < -0.3 is 19.1 Å². The molecule has 0 fully saturated rings. The van der Waals surface area contributed by atoms with Gasteiger partial charge in [-0.05, 0) is 126 Å². The molecule has 0 saturated heterocycles. The molecule has 0 bridgehead atoms. The Morgan fingerprint density at radius 1 is 0.562 bits per heavy atom. The van der Waals surface area contributed by atoms with Crippen LogP contribution in [0.1, 0.15) is 148 Å². The van der Waals surface area contributed by atoms with Crippen LogP contribution in [0.3, 0.4) is 0 Å². The van der Waals surface area contributed by atoms with Gasteiger partial charge in [0.15, 0.2) is 0 Å². The molecular weight excluding hydrogens is 1160 g/mol.